The number of aryl methyl sites for hydroxylation is 1. The topological polar surface area (TPSA) is 59.8 Å². The molecule has 0 bridgehead atoms. The van der Waals surface area contributed by atoms with Crippen LogP contribution in [0.1, 0.15) is 50.1 Å². The van der Waals surface area contributed by atoms with Crippen molar-refractivity contribution in [1.82, 2.24) is 20.1 Å². The number of amides is 1. The summed E-state index contributed by atoms with van der Waals surface area (Å²) in [7, 11) is 0. The second-order valence-electron chi connectivity index (χ2n) is 7.71. The van der Waals surface area contributed by atoms with Gasteiger partial charge in [0.2, 0.25) is 5.91 Å². The van der Waals surface area contributed by atoms with Gasteiger partial charge in [0, 0.05) is 24.6 Å². The first-order chi connectivity index (χ1) is 14.5. The molecule has 1 N–H and O–H groups in total. The van der Waals surface area contributed by atoms with E-state index in [9.17, 15) is 4.79 Å². The Morgan fingerprint density at radius 1 is 1.03 bits per heavy atom. The van der Waals surface area contributed by atoms with Gasteiger partial charge in [-0.2, -0.15) is 0 Å². The van der Waals surface area contributed by atoms with E-state index in [-0.39, 0.29) is 11.9 Å². The van der Waals surface area contributed by atoms with E-state index < -0.39 is 0 Å². The fourth-order valence-corrected chi connectivity index (χ4v) is 4.25. The zero-order valence-electron chi connectivity index (χ0n) is 18.0. The molecule has 1 amide bonds. The summed E-state index contributed by atoms with van der Waals surface area (Å²) in [6, 6.07) is 18.9. The number of para-hydroxylation sites is 1. The van der Waals surface area contributed by atoms with E-state index in [0.717, 1.165) is 41.7 Å². The van der Waals surface area contributed by atoms with Crippen molar-refractivity contribution in [1.29, 1.82) is 0 Å². The van der Waals surface area contributed by atoms with Crippen molar-refractivity contribution in [3.8, 4) is 5.69 Å². The van der Waals surface area contributed by atoms with Crippen molar-refractivity contribution >= 4 is 17.7 Å². The largest absolute Gasteiger partial charge is 0.354 e. The Morgan fingerprint density at radius 2 is 1.77 bits per heavy atom. The molecule has 2 aromatic carbocycles. The monoisotopic (exact) mass is 422 g/mol. The maximum atomic E-state index is 11.8. The maximum Gasteiger partial charge on any atom is 0.220 e. The molecule has 0 spiro atoms. The van der Waals surface area contributed by atoms with Gasteiger partial charge in [-0.1, -0.05) is 60.3 Å². The summed E-state index contributed by atoms with van der Waals surface area (Å²) < 4.78 is 2.18. The second kappa shape index (κ2) is 11.0. The number of aromatic nitrogens is 3. The van der Waals surface area contributed by atoms with Crippen LogP contribution in [0.3, 0.4) is 0 Å². The zero-order valence-corrected chi connectivity index (χ0v) is 18.8. The molecule has 5 nitrogen and oxygen atoms in total. The summed E-state index contributed by atoms with van der Waals surface area (Å²) >= 11 is 1.71. The van der Waals surface area contributed by atoms with Gasteiger partial charge in [0.15, 0.2) is 5.16 Å². The fraction of sp³-hybridized carbons (Fsp3) is 0.375. The second-order valence-corrected chi connectivity index (χ2v) is 8.77. The number of nitrogens with zero attached hydrogens (tertiary/aromatic N) is 3. The van der Waals surface area contributed by atoms with Crippen LogP contribution in [0.25, 0.3) is 5.69 Å². The minimum Gasteiger partial charge on any atom is -0.354 e. The molecule has 6 heteroatoms. The molecule has 0 aliphatic rings. The first-order valence-corrected chi connectivity index (χ1v) is 11.5. The molecule has 0 radical (unpaired) electrons. The van der Waals surface area contributed by atoms with E-state index in [4.69, 9.17) is 0 Å². The Hall–Kier alpha value is -2.60. The molecule has 1 aromatic heterocycles. The van der Waals surface area contributed by atoms with Crippen LogP contribution in [0.4, 0.5) is 0 Å². The lowest BCUT2D eigenvalue weighted by Crippen LogP contribution is -2.29. The van der Waals surface area contributed by atoms with Crippen molar-refractivity contribution in [3.63, 3.8) is 0 Å². The van der Waals surface area contributed by atoms with Gasteiger partial charge < -0.3 is 5.32 Å². The number of carbonyl (C=O) groups is 1. The first-order valence-electron chi connectivity index (χ1n) is 10.5. The Bertz CT molecular complexity index is 953. The number of unbranched alkanes of at least 4 members (excludes halogenated alkanes) is 1. The van der Waals surface area contributed by atoms with Crippen LogP contribution in [0, 0.1) is 6.92 Å². The van der Waals surface area contributed by atoms with Gasteiger partial charge in [0.25, 0.3) is 0 Å². The lowest BCUT2D eigenvalue weighted by atomic mass is 10.1. The van der Waals surface area contributed by atoms with Crippen LogP contribution in [0.2, 0.25) is 0 Å². The molecule has 3 aromatic rings. The Balaban J connectivity index is 1.70. The zero-order chi connectivity index (χ0) is 21.3. The highest BCUT2D eigenvalue weighted by molar-refractivity contribution is 7.99. The van der Waals surface area contributed by atoms with Gasteiger partial charge in [-0.15, -0.1) is 10.2 Å². The van der Waals surface area contributed by atoms with Crippen LogP contribution in [0.5, 0.6) is 0 Å². The lowest BCUT2D eigenvalue weighted by Gasteiger charge is -2.13. The summed E-state index contributed by atoms with van der Waals surface area (Å²) in [6.45, 7) is 6.09. The number of carbonyl (C=O) groups excluding carboxylic acids is 1. The van der Waals surface area contributed by atoms with Crippen molar-refractivity contribution in [2.24, 2.45) is 0 Å². The molecule has 0 aliphatic carbocycles. The Morgan fingerprint density at radius 3 is 2.50 bits per heavy atom. The molecule has 0 fully saturated rings. The minimum atomic E-state index is 0.128. The Labute approximate surface area is 183 Å². The van der Waals surface area contributed by atoms with Crippen molar-refractivity contribution in [2.45, 2.75) is 57.7 Å². The average Bonchev–Trinajstić information content (AvgIpc) is 3.10. The highest BCUT2D eigenvalue weighted by Crippen LogP contribution is 2.26. The van der Waals surface area contributed by atoms with E-state index >= 15 is 0 Å². The van der Waals surface area contributed by atoms with E-state index in [1.807, 2.05) is 19.9 Å². The highest BCUT2D eigenvalue weighted by Gasteiger charge is 2.16. The number of thioether (sulfide) groups is 1. The van der Waals surface area contributed by atoms with Crippen LogP contribution in [0.15, 0.2) is 59.8 Å². The van der Waals surface area contributed by atoms with Gasteiger partial charge >= 0.3 is 0 Å². The average molecular weight is 423 g/mol. The van der Waals surface area contributed by atoms with E-state index in [1.54, 1.807) is 11.8 Å². The van der Waals surface area contributed by atoms with Crippen LogP contribution in [-0.2, 0) is 11.2 Å². The van der Waals surface area contributed by atoms with Gasteiger partial charge in [-0.3, -0.25) is 9.36 Å². The van der Waals surface area contributed by atoms with Crippen molar-refractivity contribution < 1.29 is 4.79 Å². The highest BCUT2D eigenvalue weighted by atomic mass is 32.2. The molecule has 0 atom stereocenters. The number of hydrogen-bond donors (Lipinski definition) is 1. The van der Waals surface area contributed by atoms with Crippen LogP contribution < -0.4 is 5.32 Å². The lowest BCUT2D eigenvalue weighted by molar-refractivity contribution is -0.121. The van der Waals surface area contributed by atoms with Gasteiger partial charge in [-0.05, 0) is 50.8 Å². The third-order valence-electron chi connectivity index (χ3n) is 4.74. The Kier molecular flexibility index (Phi) is 8.08. The normalized spacial score (nSPS) is 11.1. The SMILES string of the molecule is Cc1ccccc1-n1c(Cc2ccccc2)nnc1SCCCCC(=O)NC(C)C. The molecule has 1 heterocycles. The summed E-state index contributed by atoms with van der Waals surface area (Å²) in [6.07, 6.45) is 3.15. The number of nitrogens with one attached hydrogen (secondary N) is 1. The minimum absolute atomic E-state index is 0.128. The van der Waals surface area contributed by atoms with Gasteiger partial charge in [-0.25, -0.2) is 0 Å². The molecule has 0 saturated heterocycles. The van der Waals surface area contributed by atoms with E-state index in [0.29, 0.717) is 6.42 Å². The predicted molar refractivity (Wildman–Crippen MR) is 123 cm³/mol. The number of rotatable bonds is 10. The van der Waals surface area contributed by atoms with Gasteiger partial charge in [0.1, 0.15) is 5.82 Å². The number of hydrogen-bond acceptors (Lipinski definition) is 4. The molecular weight excluding hydrogens is 392 g/mol. The number of benzene rings is 2. The smallest absolute Gasteiger partial charge is 0.220 e. The summed E-state index contributed by atoms with van der Waals surface area (Å²) in [5.41, 5.74) is 3.53. The third-order valence-corrected chi connectivity index (χ3v) is 5.76. The van der Waals surface area contributed by atoms with Crippen LogP contribution >= 0.6 is 11.8 Å². The fourth-order valence-electron chi connectivity index (χ4n) is 3.29. The molecule has 0 saturated carbocycles. The molecule has 158 valence electrons. The maximum absolute atomic E-state index is 11.8. The summed E-state index contributed by atoms with van der Waals surface area (Å²) in [4.78, 5) is 11.8. The quantitative estimate of drug-likeness (QED) is 0.371. The summed E-state index contributed by atoms with van der Waals surface area (Å²) in [5, 5.41) is 12.9. The first kappa shape index (κ1) is 22.1. The van der Waals surface area contributed by atoms with E-state index in [2.05, 4.69) is 75.5 Å². The molecule has 0 unspecified atom stereocenters. The molecule has 3 rings (SSSR count). The standard InChI is InChI=1S/C24H30N4OS/c1-18(2)25-23(29)15-9-10-16-30-24-27-26-22(17-20-12-5-4-6-13-20)28(24)21-14-8-7-11-19(21)3/h4-8,11-14,18H,9-10,15-17H2,1-3H3,(H,25,29). The molecular formula is C24H30N4OS. The predicted octanol–water partition coefficient (Wildman–Crippen LogP) is 4.95. The van der Waals surface area contributed by atoms with Crippen LogP contribution in [-0.4, -0.2) is 32.5 Å². The van der Waals surface area contributed by atoms with Gasteiger partial charge in [0.05, 0.1) is 5.69 Å². The van der Waals surface area contributed by atoms with E-state index in [1.165, 1.54) is 11.1 Å². The third kappa shape index (κ3) is 6.20. The van der Waals surface area contributed by atoms with Crippen molar-refractivity contribution in [3.05, 3.63) is 71.5 Å². The van der Waals surface area contributed by atoms with Crippen molar-refractivity contribution in [2.75, 3.05) is 5.75 Å². The molecule has 30 heavy (non-hydrogen) atoms. The molecule has 0 aliphatic heterocycles. The summed E-state index contributed by atoms with van der Waals surface area (Å²) in [5.74, 6) is 1.97.